The van der Waals surface area contributed by atoms with Crippen LogP contribution in [0.5, 0.6) is 5.75 Å². The average molecular weight is 455 g/mol. The predicted octanol–water partition coefficient (Wildman–Crippen LogP) is 1.32. The van der Waals surface area contributed by atoms with Gasteiger partial charge in [-0.1, -0.05) is 29.8 Å². The Morgan fingerprint density at radius 1 is 0.900 bits per heavy atom. The minimum atomic E-state index is -1.97. The van der Waals surface area contributed by atoms with Gasteiger partial charge in [-0.05, 0) is 35.2 Å². The smallest absolute Gasteiger partial charge is 0.122 e. The van der Waals surface area contributed by atoms with Gasteiger partial charge in [0, 0.05) is 26.6 Å². The van der Waals surface area contributed by atoms with Gasteiger partial charge in [-0.25, -0.2) is 0 Å². The molecule has 0 amide bonds. The third kappa shape index (κ3) is 4.77. The van der Waals surface area contributed by atoms with E-state index in [1.165, 1.54) is 12.1 Å². The van der Waals surface area contributed by atoms with Crippen LogP contribution in [0.25, 0.3) is 10.1 Å². The zero-order valence-corrected chi connectivity index (χ0v) is 17.3. The van der Waals surface area contributed by atoms with Crippen LogP contribution in [0.2, 0.25) is 5.02 Å². The zero-order valence-electron chi connectivity index (χ0n) is 15.8. The van der Waals surface area contributed by atoms with Gasteiger partial charge in [-0.15, -0.1) is 11.3 Å². The summed E-state index contributed by atoms with van der Waals surface area (Å²) in [7, 11) is 0. The summed E-state index contributed by atoms with van der Waals surface area (Å²) in [6, 6.07) is 12.6. The van der Waals surface area contributed by atoms with Crippen molar-refractivity contribution in [1.82, 2.24) is 0 Å². The second-order valence-corrected chi connectivity index (χ2v) is 8.67. The Morgan fingerprint density at radius 3 is 2.27 bits per heavy atom. The van der Waals surface area contributed by atoms with Crippen LogP contribution in [-0.2, 0) is 6.42 Å². The zero-order chi connectivity index (χ0) is 22.0. The maximum atomic E-state index is 10.5. The van der Waals surface area contributed by atoms with Gasteiger partial charge >= 0.3 is 0 Å². The Bertz CT molecular complexity index is 975. The average Bonchev–Trinajstić information content (AvgIpc) is 3.15. The number of aliphatic hydroxyl groups is 6. The molecular weight excluding hydrogens is 432 g/mol. The monoisotopic (exact) mass is 454 g/mol. The number of thiophene rings is 1. The van der Waals surface area contributed by atoms with E-state index in [0.29, 0.717) is 12.0 Å². The second-order valence-electron chi connectivity index (χ2n) is 7.10. The quantitative estimate of drug-likeness (QED) is 0.272. The van der Waals surface area contributed by atoms with Crippen LogP contribution in [-0.4, -0.2) is 66.8 Å². The summed E-state index contributed by atoms with van der Waals surface area (Å²) >= 11 is 7.84. The first-order chi connectivity index (χ1) is 14.2. The van der Waals surface area contributed by atoms with Crippen molar-refractivity contribution < 1.29 is 35.7 Å². The molecule has 7 N–H and O–H groups in total. The van der Waals surface area contributed by atoms with Gasteiger partial charge in [-0.3, -0.25) is 0 Å². The Kier molecular flexibility index (Phi) is 7.33. The van der Waals surface area contributed by atoms with Crippen molar-refractivity contribution in [3.8, 4) is 5.75 Å². The molecule has 7 nitrogen and oxygen atoms in total. The number of hydrogen-bond donors (Lipinski definition) is 7. The largest absolute Gasteiger partial charge is 0.508 e. The molecular formula is C21H23ClO7S. The van der Waals surface area contributed by atoms with Crippen LogP contribution in [0, 0.1) is 0 Å². The van der Waals surface area contributed by atoms with E-state index in [-0.39, 0.29) is 10.6 Å². The highest BCUT2D eigenvalue weighted by molar-refractivity contribution is 7.19. The minimum absolute atomic E-state index is 0.0900. The van der Waals surface area contributed by atoms with E-state index in [2.05, 4.69) is 0 Å². The van der Waals surface area contributed by atoms with Crippen LogP contribution in [0.3, 0.4) is 0 Å². The summed E-state index contributed by atoms with van der Waals surface area (Å²) in [5, 5.41) is 70.4. The van der Waals surface area contributed by atoms with E-state index in [9.17, 15) is 30.6 Å². The summed E-state index contributed by atoms with van der Waals surface area (Å²) in [6.07, 6.45) is -8.87. The first-order valence-electron chi connectivity index (χ1n) is 9.22. The fourth-order valence-corrected chi connectivity index (χ4v) is 4.53. The highest BCUT2D eigenvalue weighted by Crippen LogP contribution is 2.36. The van der Waals surface area contributed by atoms with Crippen molar-refractivity contribution in [2.75, 3.05) is 6.61 Å². The van der Waals surface area contributed by atoms with Gasteiger partial charge < -0.3 is 35.7 Å². The third-order valence-electron chi connectivity index (χ3n) is 4.96. The first kappa shape index (κ1) is 22.9. The fourth-order valence-electron chi connectivity index (χ4n) is 3.22. The summed E-state index contributed by atoms with van der Waals surface area (Å²) in [4.78, 5) is 1.01. The molecule has 0 aliphatic heterocycles. The van der Waals surface area contributed by atoms with Crippen LogP contribution in [0.4, 0.5) is 0 Å². The van der Waals surface area contributed by atoms with Gasteiger partial charge in [-0.2, -0.15) is 0 Å². The highest BCUT2D eigenvalue weighted by atomic mass is 35.5. The topological polar surface area (TPSA) is 142 Å². The molecule has 3 aromatic rings. The van der Waals surface area contributed by atoms with Gasteiger partial charge in [0.25, 0.3) is 0 Å². The molecule has 0 fully saturated rings. The van der Waals surface area contributed by atoms with Crippen molar-refractivity contribution in [1.29, 1.82) is 0 Å². The lowest BCUT2D eigenvalue weighted by Crippen LogP contribution is -2.47. The standard InChI is InChI=1S/C21H23ClO7S/c22-14-8-15(24)13(18(26)20(28)21(29)19(27)16(25)9-23)7-11(14)6-12-5-10-3-1-2-4-17(10)30-12/h1-5,7-8,16,18-21,23-29H,6,9H2/t16-,18?,19-,20+,21+/m1/s1. The Balaban J connectivity index is 1.86. The third-order valence-corrected chi connectivity index (χ3v) is 6.43. The van der Waals surface area contributed by atoms with Crippen molar-refractivity contribution >= 4 is 33.0 Å². The van der Waals surface area contributed by atoms with Crippen LogP contribution >= 0.6 is 22.9 Å². The summed E-state index contributed by atoms with van der Waals surface area (Å²) in [5.74, 6) is -0.393. The molecule has 0 aliphatic carbocycles. The van der Waals surface area contributed by atoms with Gasteiger partial charge in [0.2, 0.25) is 0 Å². The van der Waals surface area contributed by atoms with Crippen molar-refractivity contribution in [3.63, 3.8) is 0 Å². The van der Waals surface area contributed by atoms with Gasteiger partial charge in [0.1, 0.15) is 36.3 Å². The molecule has 30 heavy (non-hydrogen) atoms. The van der Waals surface area contributed by atoms with Crippen molar-refractivity contribution in [3.05, 3.63) is 63.5 Å². The van der Waals surface area contributed by atoms with Gasteiger partial charge in [0.05, 0.1) is 6.61 Å². The molecule has 1 aromatic heterocycles. The van der Waals surface area contributed by atoms with E-state index < -0.39 is 42.9 Å². The molecule has 0 saturated heterocycles. The maximum absolute atomic E-state index is 10.5. The molecule has 0 spiro atoms. The Hall–Kier alpha value is -1.75. The van der Waals surface area contributed by atoms with Crippen molar-refractivity contribution in [2.45, 2.75) is 36.9 Å². The molecule has 0 aliphatic rings. The lowest BCUT2D eigenvalue weighted by Gasteiger charge is -2.29. The van der Waals surface area contributed by atoms with E-state index >= 15 is 0 Å². The predicted molar refractivity (Wildman–Crippen MR) is 114 cm³/mol. The van der Waals surface area contributed by atoms with E-state index in [0.717, 1.165) is 15.0 Å². The summed E-state index contributed by atoms with van der Waals surface area (Å²) in [5.41, 5.74) is 0.500. The Labute approximate surface area is 181 Å². The van der Waals surface area contributed by atoms with Gasteiger partial charge in [0.15, 0.2) is 0 Å². The molecule has 1 unspecified atom stereocenters. The van der Waals surface area contributed by atoms with E-state index in [4.69, 9.17) is 16.7 Å². The number of hydrogen-bond acceptors (Lipinski definition) is 8. The molecule has 0 radical (unpaired) electrons. The molecule has 162 valence electrons. The van der Waals surface area contributed by atoms with Crippen LogP contribution in [0.15, 0.2) is 42.5 Å². The molecule has 1 heterocycles. The molecule has 2 aromatic carbocycles. The Morgan fingerprint density at radius 2 is 1.60 bits per heavy atom. The molecule has 3 rings (SSSR count). The number of rotatable bonds is 8. The molecule has 9 heteroatoms. The normalized spacial score (nSPS) is 16.9. The summed E-state index contributed by atoms with van der Waals surface area (Å²) in [6.45, 7) is -0.841. The fraction of sp³-hybridized carbons (Fsp3) is 0.333. The number of halogens is 1. The number of phenolic OH excluding ortho intramolecular Hbond substituents is 1. The molecule has 0 bridgehead atoms. The van der Waals surface area contributed by atoms with Crippen molar-refractivity contribution in [2.24, 2.45) is 0 Å². The number of fused-ring (bicyclic) bond motifs is 1. The molecule has 0 saturated carbocycles. The van der Waals surface area contributed by atoms with Crippen LogP contribution in [0.1, 0.15) is 22.1 Å². The first-order valence-corrected chi connectivity index (χ1v) is 10.4. The molecule has 5 atom stereocenters. The van der Waals surface area contributed by atoms with E-state index in [1.54, 1.807) is 11.3 Å². The van der Waals surface area contributed by atoms with E-state index in [1.807, 2.05) is 30.3 Å². The van der Waals surface area contributed by atoms with Crippen LogP contribution < -0.4 is 0 Å². The number of aromatic hydroxyl groups is 1. The number of benzene rings is 2. The number of aliphatic hydroxyl groups excluding tert-OH is 6. The highest BCUT2D eigenvalue weighted by Gasteiger charge is 2.35. The lowest BCUT2D eigenvalue weighted by molar-refractivity contribution is -0.141. The number of phenols is 1. The maximum Gasteiger partial charge on any atom is 0.122 e. The second kappa shape index (κ2) is 9.59. The minimum Gasteiger partial charge on any atom is -0.508 e. The SMILES string of the molecule is OC[C@@H](O)[C@@H](O)[C@H](O)[C@@H](O)C(O)c1cc(Cc2cc3ccccc3s2)c(Cl)cc1O. The lowest BCUT2D eigenvalue weighted by atomic mass is 9.93. The summed E-state index contributed by atoms with van der Waals surface area (Å²) < 4.78 is 1.11.